The first-order valence-electron chi connectivity index (χ1n) is 5.23. The topological polar surface area (TPSA) is 12.5 Å². The molecule has 84 valence electrons. The normalized spacial score (nSPS) is 32.8. The Morgan fingerprint density at radius 2 is 2.00 bits per heavy atom. The number of morpholine rings is 1. The van der Waals surface area contributed by atoms with Crippen LogP contribution < -0.4 is 0 Å². The van der Waals surface area contributed by atoms with Gasteiger partial charge in [-0.05, 0) is 17.7 Å². The second kappa shape index (κ2) is 4.86. The third-order valence-corrected chi connectivity index (χ3v) is 2.68. The Hall–Kier alpha value is -0.740. The number of ether oxygens (including phenoxy) is 1. The van der Waals surface area contributed by atoms with Crippen LogP contribution in [0.5, 0.6) is 0 Å². The van der Waals surface area contributed by atoms with Crippen LogP contribution in [-0.2, 0) is 4.74 Å². The number of rotatable bonds is 2. The molecular formula is C11H15F2NO. The Kier molecular flexibility index (Phi) is 3.49. The summed E-state index contributed by atoms with van der Waals surface area (Å²) in [4.78, 5) is 2.19. The lowest BCUT2D eigenvalue weighted by Crippen LogP contribution is -2.37. The average Bonchev–Trinajstić information content (AvgIpc) is 2.25. The van der Waals surface area contributed by atoms with Gasteiger partial charge in [-0.2, -0.15) is 0 Å². The largest absolute Gasteiger partial charge is 0.379 e. The van der Waals surface area contributed by atoms with Crippen molar-refractivity contribution in [2.24, 2.45) is 0 Å². The predicted octanol–water partition coefficient (Wildman–Crippen LogP) is 1.49. The molecule has 0 bridgehead atoms. The van der Waals surface area contributed by atoms with E-state index in [4.69, 9.17) is 4.74 Å². The second-order valence-corrected chi connectivity index (χ2v) is 3.88. The first kappa shape index (κ1) is 10.8. The van der Waals surface area contributed by atoms with E-state index in [1.807, 2.05) is 0 Å². The number of nitrogens with zero attached hydrogens (tertiary/aromatic N) is 1. The maximum absolute atomic E-state index is 13.0. The molecule has 0 N–H and O–H groups in total. The van der Waals surface area contributed by atoms with Gasteiger partial charge in [0.1, 0.15) is 0 Å². The molecule has 0 aromatic rings. The summed E-state index contributed by atoms with van der Waals surface area (Å²) in [7, 11) is 0. The summed E-state index contributed by atoms with van der Waals surface area (Å²) in [5, 5.41) is 0. The monoisotopic (exact) mass is 215 g/mol. The van der Waals surface area contributed by atoms with Gasteiger partial charge in [0.2, 0.25) is 0 Å². The molecule has 1 heterocycles. The lowest BCUT2D eigenvalue weighted by Gasteiger charge is -2.27. The molecule has 2 unspecified atom stereocenters. The summed E-state index contributed by atoms with van der Waals surface area (Å²) in [6.45, 7) is 3.86. The number of allylic oxidation sites excluding steroid dienone is 2. The molecule has 0 aromatic carbocycles. The van der Waals surface area contributed by atoms with Crippen molar-refractivity contribution in [2.75, 3.05) is 32.8 Å². The maximum Gasteiger partial charge on any atom is 0.154 e. The quantitative estimate of drug-likeness (QED) is 0.692. The van der Waals surface area contributed by atoms with E-state index in [9.17, 15) is 8.78 Å². The van der Waals surface area contributed by atoms with E-state index < -0.39 is 12.3 Å². The molecule has 2 rings (SSSR count). The van der Waals surface area contributed by atoms with Gasteiger partial charge in [-0.3, -0.25) is 4.90 Å². The Morgan fingerprint density at radius 3 is 2.67 bits per heavy atom. The minimum absolute atomic E-state index is 0.687. The number of alkyl halides is 2. The van der Waals surface area contributed by atoms with Gasteiger partial charge >= 0.3 is 0 Å². The highest BCUT2D eigenvalue weighted by Crippen LogP contribution is 2.18. The van der Waals surface area contributed by atoms with E-state index in [1.165, 1.54) is 12.2 Å². The predicted molar refractivity (Wildman–Crippen MR) is 54.3 cm³/mol. The van der Waals surface area contributed by atoms with Crippen molar-refractivity contribution in [2.45, 2.75) is 12.3 Å². The van der Waals surface area contributed by atoms with E-state index in [-0.39, 0.29) is 0 Å². The first-order valence-corrected chi connectivity index (χ1v) is 5.23. The Labute approximate surface area is 88.2 Å². The molecule has 1 saturated heterocycles. The molecule has 0 saturated carbocycles. The van der Waals surface area contributed by atoms with Crippen molar-refractivity contribution in [1.29, 1.82) is 0 Å². The fourth-order valence-electron chi connectivity index (χ4n) is 1.80. The van der Waals surface area contributed by atoms with Crippen LogP contribution in [0.2, 0.25) is 0 Å². The highest BCUT2D eigenvalue weighted by atomic mass is 19.2. The van der Waals surface area contributed by atoms with Gasteiger partial charge < -0.3 is 4.74 Å². The highest BCUT2D eigenvalue weighted by Gasteiger charge is 2.20. The van der Waals surface area contributed by atoms with Gasteiger partial charge in [0.25, 0.3) is 0 Å². The van der Waals surface area contributed by atoms with Crippen molar-refractivity contribution in [3.63, 3.8) is 0 Å². The fourth-order valence-corrected chi connectivity index (χ4v) is 1.80. The number of halogens is 2. The second-order valence-electron chi connectivity index (χ2n) is 3.88. The average molecular weight is 215 g/mol. The van der Waals surface area contributed by atoms with Crippen molar-refractivity contribution in [1.82, 2.24) is 4.90 Å². The first-order chi connectivity index (χ1) is 7.25. The molecular weight excluding hydrogens is 200 g/mol. The molecule has 2 aliphatic rings. The van der Waals surface area contributed by atoms with Gasteiger partial charge in [-0.25, -0.2) is 8.78 Å². The lowest BCUT2D eigenvalue weighted by molar-refractivity contribution is 0.0424. The highest BCUT2D eigenvalue weighted by molar-refractivity contribution is 5.28. The zero-order valence-corrected chi connectivity index (χ0v) is 8.53. The van der Waals surface area contributed by atoms with Crippen LogP contribution in [0.15, 0.2) is 23.8 Å². The molecule has 0 radical (unpaired) electrons. The van der Waals surface area contributed by atoms with Crippen molar-refractivity contribution >= 4 is 0 Å². The molecule has 15 heavy (non-hydrogen) atoms. The molecule has 2 nitrogen and oxygen atoms in total. The Balaban J connectivity index is 1.89. The summed E-state index contributed by atoms with van der Waals surface area (Å²) in [5.74, 6) is 0. The molecule has 0 aromatic heterocycles. The van der Waals surface area contributed by atoms with Gasteiger partial charge in [-0.15, -0.1) is 0 Å². The molecule has 1 aliphatic carbocycles. The van der Waals surface area contributed by atoms with Crippen LogP contribution in [0.1, 0.15) is 0 Å². The van der Waals surface area contributed by atoms with Gasteiger partial charge in [-0.1, -0.05) is 6.08 Å². The van der Waals surface area contributed by atoms with E-state index in [2.05, 4.69) is 4.90 Å². The summed E-state index contributed by atoms with van der Waals surface area (Å²) >= 11 is 0. The van der Waals surface area contributed by atoms with E-state index in [1.54, 1.807) is 6.08 Å². The minimum atomic E-state index is -1.48. The molecule has 4 heteroatoms. The smallest absolute Gasteiger partial charge is 0.154 e. The zero-order valence-electron chi connectivity index (χ0n) is 8.53. The van der Waals surface area contributed by atoms with Crippen LogP contribution in [0.25, 0.3) is 0 Å². The van der Waals surface area contributed by atoms with Crippen LogP contribution in [0, 0.1) is 0 Å². The van der Waals surface area contributed by atoms with Crippen LogP contribution in [0.3, 0.4) is 0 Å². The zero-order chi connectivity index (χ0) is 10.7. The van der Waals surface area contributed by atoms with E-state index in [0.29, 0.717) is 6.54 Å². The van der Waals surface area contributed by atoms with Gasteiger partial charge in [0.05, 0.1) is 13.2 Å². The third-order valence-electron chi connectivity index (χ3n) is 2.68. The summed E-state index contributed by atoms with van der Waals surface area (Å²) < 4.78 is 31.0. The van der Waals surface area contributed by atoms with Crippen LogP contribution in [-0.4, -0.2) is 50.1 Å². The van der Waals surface area contributed by atoms with Gasteiger partial charge in [0.15, 0.2) is 12.3 Å². The van der Waals surface area contributed by atoms with Crippen molar-refractivity contribution in [3.8, 4) is 0 Å². The third kappa shape index (κ3) is 2.86. The fraction of sp³-hybridized carbons (Fsp3) is 0.636. The van der Waals surface area contributed by atoms with Crippen LogP contribution in [0.4, 0.5) is 8.78 Å². The lowest BCUT2D eigenvalue weighted by atomic mass is 10.0. The number of hydrogen-bond acceptors (Lipinski definition) is 2. The minimum Gasteiger partial charge on any atom is -0.379 e. The van der Waals surface area contributed by atoms with Crippen molar-refractivity contribution < 1.29 is 13.5 Å². The molecule has 0 spiro atoms. The summed E-state index contributed by atoms with van der Waals surface area (Å²) in [5.41, 5.74) is 0.860. The van der Waals surface area contributed by atoms with E-state index >= 15 is 0 Å². The maximum atomic E-state index is 13.0. The van der Waals surface area contributed by atoms with Crippen molar-refractivity contribution in [3.05, 3.63) is 23.8 Å². The molecule has 2 atom stereocenters. The van der Waals surface area contributed by atoms with E-state index in [0.717, 1.165) is 31.9 Å². The summed E-state index contributed by atoms with van der Waals surface area (Å²) in [6, 6.07) is 0. The molecule has 0 amide bonds. The summed E-state index contributed by atoms with van der Waals surface area (Å²) in [6.07, 6.45) is 1.39. The molecule has 1 fully saturated rings. The number of hydrogen-bond donors (Lipinski definition) is 0. The van der Waals surface area contributed by atoms with Gasteiger partial charge in [0, 0.05) is 19.6 Å². The Morgan fingerprint density at radius 1 is 1.27 bits per heavy atom. The standard InChI is InChI=1S/C11H15F2NO/c12-10-2-1-9(7-11(10)13)8-14-3-5-15-6-4-14/h1-2,7,10-11H,3-6,8H2. The van der Waals surface area contributed by atoms with Crippen LogP contribution >= 0.6 is 0 Å². The SMILES string of the molecule is FC1C=CC(CN2CCOCC2)=CC1F. The molecule has 1 aliphatic heterocycles. The Bertz CT molecular complexity index is 272.